The number of nitrogens with one attached hydrogen (secondary N) is 2. The number of anilines is 1. The first-order chi connectivity index (χ1) is 11.8. The number of pyridine rings is 1. The Labute approximate surface area is 141 Å². The molecule has 1 unspecified atom stereocenters. The van der Waals surface area contributed by atoms with E-state index in [2.05, 4.69) is 21.7 Å². The van der Waals surface area contributed by atoms with Crippen LogP contribution in [0.15, 0.2) is 42.6 Å². The van der Waals surface area contributed by atoms with E-state index < -0.39 is 0 Å². The Morgan fingerprint density at radius 2 is 2.12 bits per heavy atom. The molecule has 24 heavy (non-hydrogen) atoms. The van der Waals surface area contributed by atoms with E-state index in [1.165, 1.54) is 5.56 Å². The summed E-state index contributed by atoms with van der Waals surface area (Å²) in [6.45, 7) is 1.47. The van der Waals surface area contributed by atoms with Crippen molar-refractivity contribution in [1.82, 2.24) is 10.3 Å². The molecule has 5 nitrogen and oxygen atoms in total. The second-order valence-corrected chi connectivity index (χ2v) is 6.55. The maximum Gasteiger partial charge on any atom is 0.251 e. The standard InChI is InChI=1S/C19H21N3O2/c23-19(22-16-5-6-16)15-7-8-20-18(10-15)21-11-13-9-14-3-1-2-4-17(14)24-12-13/h1-4,7-8,10,13,16H,5-6,9,11-12H2,(H,20,21)(H,22,23). The minimum absolute atomic E-state index is 0.0159. The lowest BCUT2D eigenvalue weighted by molar-refractivity contribution is 0.0951. The average molecular weight is 323 g/mol. The van der Waals surface area contributed by atoms with Crippen LogP contribution >= 0.6 is 0 Å². The van der Waals surface area contributed by atoms with Gasteiger partial charge in [0.2, 0.25) is 0 Å². The van der Waals surface area contributed by atoms with Crippen LogP contribution in [-0.4, -0.2) is 30.1 Å². The van der Waals surface area contributed by atoms with Crippen LogP contribution in [0.5, 0.6) is 5.75 Å². The van der Waals surface area contributed by atoms with Gasteiger partial charge < -0.3 is 15.4 Å². The average Bonchev–Trinajstić information content (AvgIpc) is 3.44. The number of aromatic nitrogens is 1. The highest BCUT2D eigenvalue weighted by Gasteiger charge is 2.24. The molecular weight excluding hydrogens is 302 g/mol. The van der Waals surface area contributed by atoms with Crippen molar-refractivity contribution in [3.63, 3.8) is 0 Å². The summed E-state index contributed by atoms with van der Waals surface area (Å²) in [6.07, 6.45) is 4.85. The monoisotopic (exact) mass is 323 g/mol. The Morgan fingerprint density at radius 3 is 3.00 bits per heavy atom. The van der Waals surface area contributed by atoms with E-state index in [0.717, 1.165) is 37.4 Å². The van der Waals surface area contributed by atoms with E-state index in [1.54, 1.807) is 12.3 Å². The molecule has 2 N–H and O–H groups in total. The molecule has 1 aromatic carbocycles. The number of amides is 1. The summed E-state index contributed by atoms with van der Waals surface area (Å²) in [5.74, 6) is 2.10. The fraction of sp³-hybridized carbons (Fsp3) is 0.368. The highest BCUT2D eigenvalue weighted by atomic mass is 16.5. The number of para-hydroxylation sites is 1. The van der Waals surface area contributed by atoms with Crippen molar-refractivity contribution in [3.05, 3.63) is 53.7 Å². The highest BCUT2D eigenvalue weighted by molar-refractivity contribution is 5.95. The van der Waals surface area contributed by atoms with E-state index >= 15 is 0 Å². The molecule has 1 aliphatic carbocycles. The number of nitrogens with zero attached hydrogens (tertiary/aromatic N) is 1. The number of hydrogen-bond donors (Lipinski definition) is 2. The lowest BCUT2D eigenvalue weighted by Gasteiger charge is -2.25. The molecule has 0 radical (unpaired) electrons. The molecule has 1 aromatic heterocycles. The van der Waals surface area contributed by atoms with Gasteiger partial charge in [0, 0.05) is 30.3 Å². The first-order valence-corrected chi connectivity index (χ1v) is 8.49. The topological polar surface area (TPSA) is 63.2 Å². The van der Waals surface area contributed by atoms with Gasteiger partial charge in [-0.05, 0) is 43.0 Å². The van der Waals surface area contributed by atoms with Crippen LogP contribution in [0, 0.1) is 5.92 Å². The fourth-order valence-electron chi connectivity index (χ4n) is 2.94. The lowest BCUT2D eigenvalue weighted by Crippen LogP contribution is -2.28. The smallest absolute Gasteiger partial charge is 0.251 e. The summed E-state index contributed by atoms with van der Waals surface area (Å²) in [7, 11) is 0. The van der Waals surface area contributed by atoms with Crippen LogP contribution in [-0.2, 0) is 6.42 Å². The Balaban J connectivity index is 1.35. The summed E-state index contributed by atoms with van der Waals surface area (Å²) in [5.41, 5.74) is 1.91. The number of ether oxygens (including phenoxy) is 1. The maximum absolute atomic E-state index is 12.1. The molecule has 2 heterocycles. The van der Waals surface area contributed by atoms with Crippen molar-refractivity contribution in [2.24, 2.45) is 5.92 Å². The third-order valence-electron chi connectivity index (χ3n) is 4.46. The number of carbonyl (C=O) groups is 1. The Hall–Kier alpha value is -2.56. The van der Waals surface area contributed by atoms with Crippen LogP contribution in [0.1, 0.15) is 28.8 Å². The summed E-state index contributed by atoms with van der Waals surface area (Å²) in [5, 5.41) is 6.34. The van der Waals surface area contributed by atoms with Gasteiger partial charge >= 0.3 is 0 Å². The van der Waals surface area contributed by atoms with Crippen LogP contribution in [0.4, 0.5) is 5.82 Å². The predicted molar refractivity (Wildman–Crippen MR) is 92.3 cm³/mol. The molecule has 0 bridgehead atoms. The maximum atomic E-state index is 12.1. The molecule has 0 saturated heterocycles. The van der Waals surface area contributed by atoms with Gasteiger partial charge in [0.1, 0.15) is 11.6 Å². The van der Waals surface area contributed by atoms with Crippen molar-refractivity contribution in [2.45, 2.75) is 25.3 Å². The zero-order valence-corrected chi connectivity index (χ0v) is 13.5. The van der Waals surface area contributed by atoms with Crippen LogP contribution < -0.4 is 15.4 Å². The molecule has 1 saturated carbocycles. The van der Waals surface area contributed by atoms with Crippen molar-refractivity contribution >= 4 is 11.7 Å². The SMILES string of the molecule is O=C(NC1CC1)c1ccnc(NCC2COc3ccccc3C2)c1. The Kier molecular flexibility index (Phi) is 4.07. The zero-order valence-electron chi connectivity index (χ0n) is 13.5. The first kappa shape index (κ1) is 15.0. The summed E-state index contributed by atoms with van der Waals surface area (Å²) >= 11 is 0. The van der Waals surface area contributed by atoms with E-state index in [0.29, 0.717) is 24.1 Å². The van der Waals surface area contributed by atoms with Gasteiger partial charge in [-0.3, -0.25) is 4.79 Å². The van der Waals surface area contributed by atoms with Crippen molar-refractivity contribution in [1.29, 1.82) is 0 Å². The van der Waals surface area contributed by atoms with Gasteiger partial charge in [-0.1, -0.05) is 18.2 Å². The van der Waals surface area contributed by atoms with Crippen molar-refractivity contribution < 1.29 is 9.53 Å². The first-order valence-electron chi connectivity index (χ1n) is 8.49. The highest BCUT2D eigenvalue weighted by Crippen LogP contribution is 2.27. The molecule has 0 spiro atoms. The quantitative estimate of drug-likeness (QED) is 0.888. The molecule has 1 aliphatic heterocycles. The van der Waals surface area contributed by atoms with Gasteiger partial charge in [0.15, 0.2) is 0 Å². The van der Waals surface area contributed by atoms with Gasteiger partial charge in [-0.25, -0.2) is 4.98 Å². The van der Waals surface area contributed by atoms with Crippen LogP contribution in [0.2, 0.25) is 0 Å². The molecular formula is C19H21N3O2. The lowest BCUT2D eigenvalue weighted by atomic mass is 9.97. The van der Waals surface area contributed by atoms with Crippen LogP contribution in [0.3, 0.4) is 0 Å². The second-order valence-electron chi connectivity index (χ2n) is 6.55. The minimum Gasteiger partial charge on any atom is -0.493 e. The molecule has 1 atom stereocenters. The molecule has 4 rings (SSSR count). The summed E-state index contributed by atoms with van der Waals surface area (Å²) < 4.78 is 5.81. The van der Waals surface area contributed by atoms with E-state index in [9.17, 15) is 4.79 Å². The summed E-state index contributed by atoms with van der Waals surface area (Å²) in [6, 6.07) is 12.1. The second kappa shape index (κ2) is 6.51. The molecule has 2 aliphatic rings. The molecule has 1 amide bonds. The van der Waals surface area contributed by atoms with E-state index in [1.807, 2.05) is 24.3 Å². The largest absolute Gasteiger partial charge is 0.493 e. The van der Waals surface area contributed by atoms with Gasteiger partial charge in [-0.2, -0.15) is 0 Å². The van der Waals surface area contributed by atoms with Gasteiger partial charge in [-0.15, -0.1) is 0 Å². The Bertz CT molecular complexity index is 743. The molecule has 2 aromatic rings. The third-order valence-corrected chi connectivity index (χ3v) is 4.46. The van der Waals surface area contributed by atoms with Crippen molar-refractivity contribution in [2.75, 3.05) is 18.5 Å². The van der Waals surface area contributed by atoms with Crippen molar-refractivity contribution in [3.8, 4) is 5.75 Å². The van der Waals surface area contributed by atoms with Crippen LogP contribution in [0.25, 0.3) is 0 Å². The van der Waals surface area contributed by atoms with Gasteiger partial charge in [0.25, 0.3) is 5.91 Å². The normalized spacial score (nSPS) is 19.1. The molecule has 5 heteroatoms. The summed E-state index contributed by atoms with van der Waals surface area (Å²) in [4.78, 5) is 16.4. The number of benzene rings is 1. The number of carbonyl (C=O) groups excluding carboxylic acids is 1. The number of rotatable bonds is 5. The number of hydrogen-bond acceptors (Lipinski definition) is 4. The minimum atomic E-state index is -0.0159. The molecule has 1 fully saturated rings. The molecule has 124 valence electrons. The van der Waals surface area contributed by atoms with Gasteiger partial charge in [0.05, 0.1) is 6.61 Å². The predicted octanol–water partition coefficient (Wildman–Crippen LogP) is 2.64. The fourth-order valence-corrected chi connectivity index (χ4v) is 2.94. The number of fused-ring (bicyclic) bond motifs is 1. The van der Waals surface area contributed by atoms with E-state index in [4.69, 9.17) is 4.74 Å². The third kappa shape index (κ3) is 3.50. The zero-order chi connectivity index (χ0) is 16.4. The van der Waals surface area contributed by atoms with E-state index in [-0.39, 0.29) is 5.91 Å². The Morgan fingerprint density at radius 1 is 1.25 bits per heavy atom.